The summed E-state index contributed by atoms with van der Waals surface area (Å²) in [5.41, 5.74) is 0. The van der Waals surface area contributed by atoms with E-state index in [9.17, 15) is 0 Å². The van der Waals surface area contributed by atoms with Gasteiger partial charge in [-0.2, -0.15) is 0 Å². The number of likely N-dealkylation sites (tertiary alicyclic amines) is 1. The summed E-state index contributed by atoms with van der Waals surface area (Å²) in [4.78, 5) is 4.96. The monoisotopic (exact) mass is 183 g/mol. The van der Waals surface area contributed by atoms with Crippen LogP contribution in [0.4, 0.5) is 0 Å². The summed E-state index contributed by atoms with van der Waals surface area (Å²) < 4.78 is 0. The maximum absolute atomic E-state index is 3.47. The smallest absolute Gasteiger partial charge is 0.0344 e. The lowest BCUT2D eigenvalue weighted by molar-refractivity contribution is 0.0190. The van der Waals surface area contributed by atoms with Crippen molar-refractivity contribution < 1.29 is 0 Å². The second kappa shape index (κ2) is 3.95. The molecule has 2 heterocycles. The van der Waals surface area contributed by atoms with E-state index in [4.69, 9.17) is 0 Å². The summed E-state index contributed by atoms with van der Waals surface area (Å²) in [7, 11) is 4.36. The van der Waals surface area contributed by atoms with Crippen molar-refractivity contribution in [2.45, 2.75) is 24.9 Å². The van der Waals surface area contributed by atoms with E-state index < -0.39 is 0 Å². The molecule has 0 saturated carbocycles. The highest BCUT2D eigenvalue weighted by Gasteiger charge is 2.33. The first-order chi connectivity index (χ1) is 6.27. The van der Waals surface area contributed by atoms with Crippen LogP contribution in [0.3, 0.4) is 0 Å². The van der Waals surface area contributed by atoms with E-state index in [0.717, 1.165) is 12.1 Å². The first kappa shape index (κ1) is 9.44. The molecule has 0 aromatic carbocycles. The number of likely N-dealkylation sites (N-methyl/N-ethyl adjacent to an activating group) is 1. The second-order valence-corrected chi connectivity index (χ2v) is 4.57. The largest absolute Gasteiger partial charge is 0.315 e. The molecular weight excluding hydrogens is 162 g/mol. The zero-order valence-corrected chi connectivity index (χ0v) is 8.79. The lowest BCUT2D eigenvalue weighted by Gasteiger charge is -2.48. The van der Waals surface area contributed by atoms with E-state index in [1.54, 1.807) is 0 Å². The topological polar surface area (TPSA) is 18.5 Å². The third-order valence-electron chi connectivity index (χ3n) is 3.41. The molecule has 0 aromatic heterocycles. The van der Waals surface area contributed by atoms with Gasteiger partial charge in [0.25, 0.3) is 0 Å². The van der Waals surface area contributed by atoms with Gasteiger partial charge in [-0.15, -0.1) is 0 Å². The predicted molar refractivity (Wildman–Crippen MR) is 54.9 cm³/mol. The Bertz CT molecular complexity index is 158. The van der Waals surface area contributed by atoms with Crippen LogP contribution in [0.15, 0.2) is 0 Å². The Morgan fingerprint density at radius 2 is 2.08 bits per heavy atom. The first-order valence-corrected chi connectivity index (χ1v) is 5.38. The summed E-state index contributed by atoms with van der Waals surface area (Å²) in [6.07, 6.45) is 2.75. The molecule has 13 heavy (non-hydrogen) atoms. The minimum absolute atomic E-state index is 0.807. The molecule has 0 radical (unpaired) electrons. The Morgan fingerprint density at radius 1 is 1.31 bits per heavy atom. The maximum Gasteiger partial charge on any atom is 0.0344 e. The molecule has 0 spiro atoms. The highest BCUT2D eigenvalue weighted by Crippen LogP contribution is 2.19. The molecule has 0 bridgehead atoms. The highest BCUT2D eigenvalue weighted by atomic mass is 15.3. The van der Waals surface area contributed by atoms with Crippen molar-refractivity contribution in [3.8, 4) is 0 Å². The lowest BCUT2D eigenvalue weighted by Crippen LogP contribution is -2.63. The van der Waals surface area contributed by atoms with Crippen LogP contribution < -0.4 is 5.32 Å². The molecule has 2 aliphatic heterocycles. The van der Waals surface area contributed by atoms with E-state index in [1.807, 2.05) is 0 Å². The van der Waals surface area contributed by atoms with Gasteiger partial charge in [0, 0.05) is 31.7 Å². The van der Waals surface area contributed by atoms with Gasteiger partial charge in [0.15, 0.2) is 0 Å². The standard InChI is InChI=1S/C10H21N3/c1-12(2)10-7-13(8-10)9-4-3-5-11-6-9/h9-11H,3-8H2,1-2H3. The van der Waals surface area contributed by atoms with Crippen LogP contribution in [0.1, 0.15) is 12.8 Å². The second-order valence-electron chi connectivity index (χ2n) is 4.57. The van der Waals surface area contributed by atoms with Gasteiger partial charge in [0.1, 0.15) is 0 Å². The molecule has 2 aliphatic rings. The molecule has 1 N–H and O–H groups in total. The zero-order chi connectivity index (χ0) is 9.26. The summed E-state index contributed by atoms with van der Waals surface area (Å²) in [5.74, 6) is 0. The van der Waals surface area contributed by atoms with Gasteiger partial charge in [-0.3, -0.25) is 4.90 Å². The van der Waals surface area contributed by atoms with Crippen molar-refractivity contribution in [2.75, 3.05) is 40.3 Å². The molecular formula is C10H21N3. The molecule has 0 aliphatic carbocycles. The number of nitrogens with zero attached hydrogens (tertiary/aromatic N) is 2. The molecule has 1 unspecified atom stereocenters. The number of hydrogen-bond donors (Lipinski definition) is 1. The van der Waals surface area contributed by atoms with Gasteiger partial charge in [-0.25, -0.2) is 0 Å². The predicted octanol–water partition coefficient (Wildman–Crippen LogP) is -0.0158. The summed E-state index contributed by atoms with van der Waals surface area (Å²) in [6.45, 7) is 4.99. The SMILES string of the molecule is CN(C)C1CN(C2CCCNC2)C1. The Balaban J connectivity index is 1.72. The van der Waals surface area contributed by atoms with E-state index in [2.05, 4.69) is 29.2 Å². The third-order valence-corrected chi connectivity index (χ3v) is 3.41. The Hall–Kier alpha value is -0.120. The van der Waals surface area contributed by atoms with Crippen LogP contribution in [0.25, 0.3) is 0 Å². The number of rotatable bonds is 2. The van der Waals surface area contributed by atoms with Crippen molar-refractivity contribution in [1.29, 1.82) is 0 Å². The highest BCUT2D eigenvalue weighted by molar-refractivity contribution is 4.91. The summed E-state index contributed by atoms with van der Waals surface area (Å²) in [5, 5.41) is 3.47. The van der Waals surface area contributed by atoms with Crippen LogP contribution in [0, 0.1) is 0 Å². The Kier molecular flexibility index (Phi) is 2.86. The van der Waals surface area contributed by atoms with E-state index in [-0.39, 0.29) is 0 Å². The van der Waals surface area contributed by atoms with Crippen molar-refractivity contribution >= 4 is 0 Å². The molecule has 1 atom stereocenters. The van der Waals surface area contributed by atoms with Crippen LogP contribution in [0.5, 0.6) is 0 Å². The molecule has 3 nitrogen and oxygen atoms in total. The van der Waals surface area contributed by atoms with Crippen molar-refractivity contribution in [1.82, 2.24) is 15.1 Å². The fourth-order valence-electron chi connectivity index (χ4n) is 2.26. The molecule has 0 aromatic rings. The minimum atomic E-state index is 0.807. The average Bonchev–Trinajstić information content (AvgIpc) is 2.02. The normalized spacial score (nSPS) is 32.1. The van der Waals surface area contributed by atoms with Crippen LogP contribution in [0.2, 0.25) is 0 Å². The number of nitrogens with one attached hydrogen (secondary N) is 1. The molecule has 3 heteroatoms. The average molecular weight is 183 g/mol. The van der Waals surface area contributed by atoms with Crippen molar-refractivity contribution in [3.05, 3.63) is 0 Å². The molecule has 0 amide bonds. The van der Waals surface area contributed by atoms with Crippen LogP contribution >= 0.6 is 0 Å². The van der Waals surface area contributed by atoms with E-state index in [1.165, 1.54) is 39.0 Å². The van der Waals surface area contributed by atoms with Gasteiger partial charge >= 0.3 is 0 Å². The van der Waals surface area contributed by atoms with E-state index in [0.29, 0.717) is 0 Å². The quantitative estimate of drug-likeness (QED) is 0.649. The van der Waals surface area contributed by atoms with Gasteiger partial charge in [-0.05, 0) is 33.5 Å². The zero-order valence-electron chi connectivity index (χ0n) is 8.79. The van der Waals surface area contributed by atoms with Gasteiger partial charge in [0.05, 0.1) is 0 Å². The maximum atomic E-state index is 3.47. The minimum Gasteiger partial charge on any atom is -0.315 e. The Labute approximate surface area is 81.1 Å². The summed E-state index contributed by atoms with van der Waals surface area (Å²) in [6, 6.07) is 1.63. The van der Waals surface area contributed by atoms with E-state index >= 15 is 0 Å². The van der Waals surface area contributed by atoms with Crippen LogP contribution in [-0.4, -0.2) is 62.2 Å². The molecule has 76 valence electrons. The summed E-state index contributed by atoms with van der Waals surface area (Å²) >= 11 is 0. The number of piperidine rings is 1. The fraction of sp³-hybridized carbons (Fsp3) is 1.00. The van der Waals surface area contributed by atoms with Crippen molar-refractivity contribution in [3.63, 3.8) is 0 Å². The first-order valence-electron chi connectivity index (χ1n) is 5.38. The van der Waals surface area contributed by atoms with Crippen molar-refractivity contribution in [2.24, 2.45) is 0 Å². The molecule has 2 fully saturated rings. The fourth-order valence-corrected chi connectivity index (χ4v) is 2.26. The van der Waals surface area contributed by atoms with Crippen LogP contribution in [-0.2, 0) is 0 Å². The van der Waals surface area contributed by atoms with Gasteiger partial charge < -0.3 is 10.2 Å². The lowest BCUT2D eigenvalue weighted by atomic mass is 9.99. The third kappa shape index (κ3) is 2.03. The number of hydrogen-bond acceptors (Lipinski definition) is 3. The molecule has 2 rings (SSSR count). The molecule has 2 saturated heterocycles. The Morgan fingerprint density at radius 3 is 2.62 bits per heavy atom. The van der Waals surface area contributed by atoms with Gasteiger partial charge in [-0.1, -0.05) is 0 Å². The van der Waals surface area contributed by atoms with Gasteiger partial charge in [0.2, 0.25) is 0 Å².